The van der Waals surface area contributed by atoms with Crippen LogP contribution in [-0.2, 0) is 0 Å². The van der Waals surface area contributed by atoms with Crippen LogP contribution >= 0.6 is 0 Å². The van der Waals surface area contributed by atoms with Gasteiger partial charge in [0.2, 0.25) is 5.76 Å². The molecule has 1 aromatic heterocycles. The molecule has 4 heteroatoms. The molecule has 0 saturated heterocycles. The minimum Gasteiger partial charge on any atom is -0.494 e. The van der Waals surface area contributed by atoms with Gasteiger partial charge in [0.1, 0.15) is 5.75 Å². The van der Waals surface area contributed by atoms with Crippen molar-refractivity contribution in [3.8, 4) is 16.9 Å². The lowest BCUT2D eigenvalue weighted by Gasteiger charge is -2.06. The van der Waals surface area contributed by atoms with E-state index in [2.05, 4.69) is 6.92 Å². The van der Waals surface area contributed by atoms with Crippen LogP contribution in [0.1, 0.15) is 36.7 Å². The number of rotatable bonds is 7. The Kier molecular flexibility index (Phi) is 4.82. The van der Waals surface area contributed by atoms with Crippen molar-refractivity contribution in [2.24, 2.45) is 0 Å². The summed E-state index contributed by atoms with van der Waals surface area (Å²) in [5.74, 6) is -0.309. The van der Waals surface area contributed by atoms with Gasteiger partial charge in [-0.05, 0) is 30.2 Å². The molecule has 0 radical (unpaired) electrons. The Morgan fingerprint density at radius 1 is 1.20 bits per heavy atom. The van der Waals surface area contributed by atoms with Gasteiger partial charge < -0.3 is 14.3 Å². The van der Waals surface area contributed by atoms with E-state index in [4.69, 9.17) is 14.3 Å². The highest BCUT2D eigenvalue weighted by atomic mass is 16.5. The van der Waals surface area contributed by atoms with Crippen molar-refractivity contribution in [2.45, 2.75) is 26.2 Å². The molecule has 106 valence electrons. The van der Waals surface area contributed by atoms with E-state index in [1.807, 2.05) is 24.3 Å². The first-order chi connectivity index (χ1) is 9.72. The van der Waals surface area contributed by atoms with Gasteiger partial charge in [-0.15, -0.1) is 0 Å². The molecule has 0 spiro atoms. The van der Waals surface area contributed by atoms with E-state index in [9.17, 15) is 4.79 Å². The fraction of sp³-hybridized carbons (Fsp3) is 0.312. The van der Waals surface area contributed by atoms with Crippen LogP contribution in [0.2, 0.25) is 0 Å². The Hall–Kier alpha value is -2.23. The number of carboxylic acid groups (broad SMARTS) is 1. The number of hydrogen-bond acceptors (Lipinski definition) is 3. The van der Waals surface area contributed by atoms with Gasteiger partial charge >= 0.3 is 5.97 Å². The molecule has 0 unspecified atom stereocenters. The maximum Gasteiger partial charge on any atom is 0.372 e. The van der Waals surface area contributed by atoms with Gasteiger partial charge in [0, 0.05) is 5.56 Å². The Morgan fingerprint density at radius 3 is 2.60 bits per heavy atom. The summed E-state index contributed by atoms with van der Waals surface area (Å²) in [6.45, 7) is 2.86. The number of furan rings is 1. The van der Waals surface area contributed by atoms with E-state index in [0.29, 0.717) is 12.2 Å². The highest BCUT2D eigenvalue weighted by molar-refractivity contribution is 5.93. The summed E-state index contributed by atoms with van der Waals surface area (Å²) in [6.07, 6.45) is 4.76. The maximum absolute atomic E-state index is 11.0. The Morgan fingerprint density at radius 2 is 1.95 bits per heavy atom. The Balaban J connectivity index is 2.04. The molecule has 1 N–H and O–H groups in total. The standard InChI is InChI=1S/C16H18O4/c1-2-3-4-10-19-13-7-5-12(6-8-13)14-9-11-20-15(14)16(17)18/h5-9,11H,2-4,10H2,1H3,(H,17,18). The zero-order chi connectivity index (χ0) is 14.4. The van der Waals surface area contributed by atoms with Crippen molar-refractivity contribution in [1.29, 1.82) is 0 Å². The van der Waals surface area contributed by atoms with Gasteiger partial charge in [-0.2, -0.15) is 0 Å². The molecule has 0 bridgehead atoms. The Bertz CT molecular complexity index is 554. The zero-order valence-corrected chi connectivity index (χ0v) is 11.5. The number of aromatic carboxylic acids is 1. The SMILES string of the molecule is CCCCCOc1ccc(-c2ccoc2C(=O)O)cc1. The minimum atomic E-state index is -1.06. The van der Waals surface area contributed by atoms with Gasteiger partial charge in [-0.25, -0.2) is 4.79 Å². The number of unbranched alkanes of at least 4 members (excludes halogenated alkanes) is 2. The molecule has 4 nitrogen and oxygen atoms in total. The molecule has 0 aliphatic heterocycles. The average Bonchev–Trinajstić information content (AvgIpc) is 2.94. The second kappa shape index (κ2) is 6.80. The van der Waals surface area contributed by atoms with Crippen molar-refractivity contribution in [1.82, 2.24) is 0 Å². The van der Waals surface area contributed by atoms with Crippen molar-refractivity contribution in [3.63, 3.8) is 0 Å². The molecule has 0 fully saturated rings. The van der Waals surface area contributed by atoms with Crippen molar-refractivity contribution in [3.05, 3.63) is 42.4 Å². The second-order valence-corrected chi connectivity index (χ2v) is 4.55. The molecule has 2 aromatic rings. The monoisotopic (exact) mass is 274 g/mol. The maximum atomic E-state index is 11.0. The predicted molar refractivity (Wildman–Crippen MR) is 76.1 cm³/mol. The summed E-state index contributed by atoms with van der Waals surface area (Å²) in [7, 11) is 0. The summed E-state index contributed by atoms with van der Waals surface area (Å²) < 4.78 is 10.6. The smallest absolute Gasteiger partial charge is 0.372 e. The summed E-state index contributed by atoms with van der Waals surface area (Å²) >= 11 is 0. The average molecular weight is 274 g/mol. The minimum absolute atomic E-state index is 0.0402. The highest BCUT2D eigenvalue weighted by Crippen LogP contribution is 2.26. The van der Waals surface area contributed by atoms with Gasteiger partial charge in [0.25, 0.3) is 0 Å². The number of benzene rings is 1. The lowest BCUT2D eigenvalue weighted by Crippen LogP contribution is -1.97. The molecule has 0 aliphatic rings. The molecule has 0 atom stereocenters. The molecule has 1 heterocycles. The number of carboxylic acids is 1. The first kappa shape index (κ1) is 14.2. The van der Waals surface area contributed by atoms with E-state index in [-0.39, 0.29) is 5.76 Å². The topological polar surface area (TPSA) is 59.7 Å². The third kappa shape index (κ3) is 3.41. The van der Waals surface area contributed by atoms with Gasteiger partial charge in [0.05, 0.1) is 12.9 Å². The van der Waals surface area contributed by atoms with Crippen molar-refractivity contribution >= 4 is 5.97 Å². The Labute approximate surface area is 118 Å². The van der Waals surface area contributed by atoms with Crippen LogP contribution in [0.25, 0.3) is 11.1 Å². The van der Waals surface area contributed by atoms with E-state index < -0.39 is 5.97 Å². The van der Waals surface area contributed by atoms with E-state index in [1.54, 1.807) is 6.07 Å². The van der Waals surface area contributed by atoms with E-state index in [1.165, 1.54) is 12.7 Å². The summed E-state index contributed by atoms with van der Waals surface area (Å²) in [4.78, 5) is 11.0. The van der Waals surface area contributed by atoms with Crippen LogP contribution in [0, 0.1) is 0 Å². The lowest BCUT2D eigenvalue weighted by molar-refractivity contribution is 0.0663. The lowest BCUT2D eigenvalue weighted by atomic mass is 10.1. The fourth-order valence-electron chi connectivity index (χ4n) is 1.98. The molecule has 0 amide bonds. The van der Waals surface area contributed by atoms with E-state index in [0.717, 1.165) is 24.2 Å². The van der Waals surface area contributed by atoms with Gasteiger partial charge in [0.15, 0.2) is 0 Å². The van der Waals surface area contributed by atoms with Gasteiger partial charge in [-0.1, -0.05) is 31.9 Å². The van der Waals surface area contributed by atoms with Crippen LogP contribution in [0.4, 0.5) is 0 Å². The summed E-state index contributed by atoms with van der Waals surface area (Å²) in [5.41, 5.74) is 1.38. The van der Waals surface area contributed by atoms with Crippen LogP contribution in [0.5, 0.6) is 5.75 Å². The zero-order valence-electron chi connectivity index (χ0n) is 11.5. The van der Waals surface area contributed by atoms with Crippen molar-refractivity contribution < 1.29 is 19.1 Å². The number of hydrogen-bond donors (Lipinski definition) is 1. The summed E-state index contributed by atoms with van der Waals surface area (Å²) in [5, 5.41) is 9.02. The second-order valence-electron chi connectivity index (χ2n) is 4.55. The third-order valence-corrected chi connectivity index (χ3v) is 3.04. The molecule has 2 rings (SSSR count). The predicted octanol–water partition coefficient (Wildman–Crippen LogP) is 4.21. The molecule has 20 heavy (non-hydrogen) atoms. The highest BCUT2D eigenvalue weighted by Gasteiger charge is 2.15. The van der Waals surface area contributed by atoms with Gasteiger partial charge in [-0.3, -0.25) is 0 Å². The molecule has 0 aliphatic carbocycles. The molecular weight excluding hydrogens is 256 g/mol. The van der Waals surface area contributed by atoms with Crippen molar-refractivity contribution in [2.75, 3.05) is 6.61 Å². The van der Waals surface area contributed by atoms with Crippen LogP contribution in [-0.4, -0.2) is 17.7 Å². The molecule has 1 aromatic carbocycles. The first-order valence-electron chi connectivity index (χ1n) is 6.76. The molecule has 0 saturated carbocycles. The largest absolute Gasteiger partial charge is 0.494 e. The first-order valence-corrected chi connectivity index (χ1v) is 6.76. The van der Waals surface area contributed by atoms with Crippen LogP contribution in [0.3, 0.4) is 0 Å². The number of carbonyl (C=O) groups is 1. The summed E-state index contributed by atoms with van der Waals surface area (Å²) in [6, 6.07) is 9.03. The third-order valence-electron chi connectivity index (χ3n) is 3.04. The van der Waals surface area contributed by atoms with Crippen LogP contribution in [0.15, 0.2) is 41.0 Å². The van der Waals surface area contributed by atoms with E-state index >= 15 is 0 Å². The molecular formula is C16H18O4. The quantitative estimate of drug-likeness (QED) is 0.768. The van der Waals surface area contributed by atoms with Crippen LogP contribution < -0.4 is 4.74 Å². The fourth-order valence-corrected chi connectivity index (χ4v) is 1.98. The normalized spacial score (nSPS) is 10.4. The number of ether oxygens (including phenoxy) is 1.